The monoisotopic (exact) mass is 378 g/mol. The van der Waals surface area contributed by atoms with E-state index >= 15 is 0 Å². The van der Waals surface area contributed by atoms with Crippen molar-refractivity contribution in [2.75, 3.05) is 6.61 Å². The van der Waals surface area contributed by atoms with Gasteiger partial charge in [-0.2, -0.15) is 0 Å². The summed E-state index contributed by atoms with van der Waals surface area (Å²) in [4.78, 5) is 39.1. The van der Waals surface area contributed by atoms with E-state index in [1.807, 2.05) is 27.7 Å². The summed E-state index contributed by atoms with van der Waals surface area (Å²) in [6.07, 6.45) is 5.38. The van der Waals surface area contributed by atoms with Crippen molar-refractivity contribution >= 4 is 17.8 Å². The van der Waals surface area contributed by atoms with Gasteiger partial charge in [0.2, 0.25) is 5.91 Å². The van der Waals surface area contributed by atoms with E-state index in [4.69, 9.17) is 4.74 Å². The molecular formula is C21H34N2O4. The molecule has 0 saturated heterocycles. The molecule has 0 spiro atoms. The zero-order valence-electron chi connectivity index (χ0n) is 17.3. The first-order valence-corrected chi connectivity index (χ1v) is 10.3. The van der Waals surface area contributed by atoms with Crippen LogP contribution >= 0.6 is 0 Å². The number of hydrogen-bond acceptors (Lipinski definition) is 4. The molecule has 2 amide bonds. The second kappa shape index (κ2) is 7.10. The molecule has 0 aliphatic heterocycles. The summed E-state index contributed by atoms with van der Waals surface area (Å²) in [5.41, 5.74) is -0.797. The van der Waals surface area contributed by atoms with E-state index < -0.39 is 5.41 Å². The van der Waals surface area contributed by atoms with Gasteiger partial charge in [0.25, 0.3) is 5.91 Å². The molecule has 4 rings (SSSR count). The molecule has 0 aromatic rings. The number of nitrogens with zero attached hydrogens (tertiary/aromatic N) is 1. The van der Waals surface area contributed by atoms with Crippen molar-refractivity contribution < 1.29 is 19.1 Å². The maximum atomic E-state index is 13.1. The highest BCUT2D eigenvalue weighted by Gasteiger charge is 2.61. The fraction of sp³-hybridized carbons (Fsp3) is 0.857. The Morgan fingerprint density at radius 3 is 2.07 bits per heavy atom. The van der Waals surface area contributed by atoms with Gasteiger partial charge >= 0.3 is 5.97 Å². The molecule has 4 aliphatic carbocycles. The maximum absolute atomic E-state index is 13.1. The van der Waals surface area contributed by atoms with Crippen LogP contribution in [0.4, 0.5) is 0 Å². The molecule has 27 heavy (non-hydrogen) atoms. The van der Waals surface area contributed by atoms with Gasteiger partial charge < -0.3 is 15.0 Å². The number of carbonyl (C=O) groups is 3. The minimum Gasteiger partial charge on any atom is -0.455 e. The van der Waals surface area contributed by atoms with Crippen LogP contribution in [0.25, 0.3) is 0 Å². The average molecular weight is 379 g/mol. The molecule has 6 heteroatoms. The first-order chi connectivity index (χ1) is 12.6. The van der Waals surface area contributed by atoms with E-state index in [2.05, 4.69) is 5.32 Å². The molecule has 4 saturated carbocycles. The summed E-state index contributed by atoms with van der Waals surface area (Å²) in [7, 11) is 0. The van der Waals surface area contributed by atoms with Crippen LogP contribution in [0, 0.1) is 17.3 Å². The number of hydrogen-bond donors (Lipinski definition) is 1. The minimum absolute atomic E-state index is 0.0276. The van der Waals surface area contributed by atoms with Crippen LogP contribution in [0.3, 0.4) is 0 Å². The smallest absolute Gasteiger partial charge is 0.312 e. The number of carbonyl (C=O) groups excluding carboxylic acids is 3. The zero-order chi connectivity index (χ0) is 20.0. The Hall–Kier alpha value is -1.59. The van der Waals surface area contributed by atoms with E-state index in [9.17, 15) is 14.4 Å². The molecule has 2 unspecified atom stereocenters. The van der Waals surface area contributed by atoms with Crippen molar-refractivity contribution in [3.05, 3.63) is 0 Å². The second-order valence-corrected chi connectivity index (χ2v) is 9.77. The van der Waals surface area contributed by atoms with Crippen molar-refractivity contribution in [3.8, 4) is 0 Å². The fourth-order valence-corrected chi connectivity index (χ4v) is 6.55. The van der Waals surface area contributed by atoms with Crippen molar-refractivity contribution in [1.82, 2.24) is 10.2 Å². The normalized spacial score (nSPS) is 34.0. The predicted molar refractivity (Wildman–Crippen MR) is 102 cm³/mol. The molecule has 1 N–H and O–H groups in total. The van der Waals surface area contributed by atoms with Crippen molar-refractivity contribution in [3.63, 3.8) is 0 Å². The molecule has 4 fully saturated rings. The fourth-order valence-electron chi connectivity index (χ4n) is 6.55. The Balaban J connectivity index is 1.69. The van der Waals surface area contributed by atoms with Crippen LogP contribution in [0.15, 0.2) is 0 Å². The van der Waals surface area contributed by atoms with Gasteiger partial charge in [0.15, 0.2) is 6.61 Å². The molecule has 0 aromatic carbocycles. The Morgan fingerprint density at radius 1 is 1.04 bits per heavy atom. The third-order valence-electron chi connectivity index (χ3n) is 6.66. The van der Waals surface area contributed by atoms with Gasteiger partial charge in [-0.25, -0.2) is 0 Å². The number of esters is 1. The van der Waals surface area contributed by atoms with E-state index in [0.717, 1.165) is 32.1 Å². The van der Waals surface area contributed by atoms with Crippen molar-refractivity contribution in [2.45, 2.75) is 90.8 Å². The number of rotatable bonds is 6. The average Bonchev–Trinajstić information content (AvgIpc) is 2.49. The minimum atomic E-state index is -0.534. The van der Waals surface area contributed by atoms with Crippen molar-refractivity contribution in [2.24, 2.45) is 17.3 Å². The SMILES string of the molecule is CC(=O)NC12CC3CC(C1)CC(C(=O)OCC(=O)N(C(C)C)C(C)C)(C3)C2. The van der Waals surface area contributed by atoms with Gasteiger partial charge in [-0.3, -0.25) is 14.4 Å². The molecule has 4 aliphatic rings. The molecule has 6 nitrogen and oxygen atoms in total. The van der Waals surface area contributed by atoms with Crippen LogP contribution in [0.2, 0.25) is 0 Å². The molecule has 0 radical (unpaired) electrons. The summed E-state index contributed by atoms with van der Waals surface area (Å²) in [6.45, 7) is 9.23. The van der Waals surface area contributed by atoms with Crippen LogP contribution in [-0.2, 0) is 19.1 Å². The van der Waals surface area contributed by atoms with E-state index in [1.165, 1.54) is 0 Å². The first kappa shape index (κ1) is 20.2. The number of nitrogens with one attached hydrogen (secondary N) is 1. The van der Waals surface area contributed by atoms with Gasteiger partial charge in [-0.05, 0) is 78.1 Å². The van der Waals surface area contributed by atoms with E-state index in [-0.39, 0.29) is 42.0 Å². The molecule has 2 atom stereocenters. The van der Waals surface area contributed by atoms with Crippen LogP contribution in [-0.4, -0.2) is 46.9 Å². The zero-order valence-corrected chi connectivity index (χ0v) is 17.3. The van der Waals surface area contributed by atoms with Crippen LogP contribution in [0.5, 0.6) is 0 Å². The highest BCUT2D eigenvalue weighted by Crippen LogP contribution is 2.62. The number of ether oxygens (including phenoxy) is 1. The summed E-state index contributed by atoms with van der Waals surface area (Å²) >= 11 is 0. The van der Waals surface area contributed by atoms with Gasteiger partial charge in [-0.1, -0.05) is 0 Å². The van der Waals surface area contributed by atoms with Crippen LogP contribution < -0.4 is 5.32 Å². The lowest BCUT2D eigenvalue weighted by Gasteiger charge is -2.60. The van der Waals surface area contributed by atoms with Gasteiger partial charge in [0.05, 0.1) is 5.41 Å². The van der Waals surface area contributed by atoms with Gasteiger partial charge in [-0.15, -0.1) is 0 Å². The van der Waals surface area contributed by atoms with Crippen molar-refractivity contribution in [1.29, 1.82) is 0 Å². The predicted octanol–water partition coefficient (Wildman–Crippen LogP) is 2.65. The maximum Gasteiger partial charge on any atom is 0.312 e. The summed E-state index contributed by atoms with van der Waals surface area (Å²) in [5.74, 6) is 0.510. The standard InChI is InChI=1S/C21H34N2O4/c1-13(2)23(14(3)4)18(25)11-27-19(26)20-7-16-6-17(8-20)10-21(9-16,12-20)22-15(5)24/h13-14,16-17H,6-12H2,1-5H3,(H,22,24). The third-order valence-corrected chi connectivity index (χ3v) is 6.66. The van der Waals surface area contributed by atoms with Crippen LogP contribution in [0.1, 0.15) is 73.1 Å². The van der Waals surface area contributed by atoms with Gasteiger partial charge in [0, 0.05) is 24.5 Å². The third kappa shape index (κ3) is 3.85. The molecule has 4 bridgehead atoms. The highest BCUT2D eigenvalue weighted by atomic mass is 16.5. The second-order valence-electron chi connectivity index (χ2n) is 9.77. The lowest BCUT2D eigenvalue weighted by Crippen LogP contribution is -2.64. The molecular weight excluding hydrogens is 344 g/mol. The topological polar surface area (TPSA) is 75.7 Å². The first-order valence-electron chi connectivity index (χ1n) is 10.3. The summed E-state index contributed by atoms with van der Waals surface area (Å²) in [6, 6.07) is 0.137. The van der Waals surface area contributed by atoms with E-state index in [1.54, 1.807) is 11.8 Å². The lowest BCUT2D eigenvalue weighted by atomic mass is 9.47. The highest BCUT2D eigenvalue weighted by molar-refractivity contribution is 5.84. The summed E-state index contributed by atoms with van der Waals surface area (Å²) < 4.78 is 5.58. The number of amides is 2. The molecule has 152 valence electrons. The Bertz CT molecular complexity index is 606. The quantitative estimate of drug-likeness (QED) is 0.721. The van der Waals surface area contributed by atoms with E-state index in [0.29, 0.717) is 18.3 Å². The molecule has 0 heterocycles. The molecule has 0 aromatic heterocycles. The Labute approximate surface area is 162 Å². The summed E-state index contributed by atoms with van der Waals surface area (Å²) in [5, 5.41) is 3.16. The lowest BCUT2D eigenvalue weighted by molar-refractivity contribution is -0.178. The Morgan fingerprint density at radius 2 is 1.59 bits per heavy atom. The Kier molecular flexibility index (Phi) is 5.30. The largest absolute Gasteiger partial charge is 0.455 e. The van der Waals surface area contributed by atoms with Gasteiger partial charge in [0.1, 0.15) is 0 Å².